The Morgan fingerprint density at radius 1 is 1.33 bits per heavy atom. The number of benzene rings is 2. The van der Waals surface area contributed by atoms with Crippen LogP contribution in [0.25, 0.3) is 0 Å². The van der Waals surface area contributed by atoms with Gasteiger partial charge in [-0.15, -0.1) is 0 Å². The summed E-state index contributed by atoms with van der Waals surface area (Å²) >= 11 is 9.24. The molecule has 21 heavy (non-hydrogen) atoms. The van der Waals surface area contributed by atoms with Gasteiger partial charge in [-0.1, -0.05) is 30.7 Å². The van der Waals surface area contributed by atoms with Gasteiger partial charge in [0, 0.05) is 16.8 Å². The summed E-state index contributed by atoms with van der Waals surface area (Å²) in [5, 5.41) is 14.9. The fraction of sp³-hybridized carbons (Fsp3) is 0.200. The predicted octanol–water partition coefficient (Wildman–Crippen LogP) is 5.57. The van der Waals surface area contributed by atoms with Gasteiger partial charge in [0.25, 0.3) is 5.69 Å². The van der Waals surface area contributed by atoms with Crippen molar-refractivity contribution in [3.8, 4) is 0 Å². The van der Waals surface area contributed by atoms with Gasteiger partial charge in [0.15, 0.2) is 0 Å². The van der Waals surface area contributed by atoms with E-state index >= 15 is 0 Å². The van der Waals surface area contributed by atoms with Crippen LogP contribution in [-0.2, 0) is 0 Å². The highest BCUT2D eigenvalue weighted by atomic mass is 79.9. The van der Waals surface area contributed by atoms with Crippen molar-refractivity contribution >= 4 is 38.9 Å². The number of nitrogens with zero attached hydrogens (tertiary/aromatic N) is 1. The molecule has 0 aliphatic rings. The minimum Gasteiger partial charge on any atom is -0.378 e. The number of halogens is 2. The Hall–Kier alpha value is -1.59. The fourth-order valence-corrected chi connectivity index (χ4v) is 2.81. The second-order valence-corrected chi connectivity index (χ2v) is 5.87. The first-order chi connectivity index (χ1) is 10.0. The van der Waals surface area contributed by atoms with Crippen LogP contribution < -0.4 is 5.32 Å². The number of rotatable bonds is 5. The van der Waals surface area contributed by atoms with Crippen LogP contribution in [-0.4, -0.2) is 4.92 Å². The van der Waals surface area contributed by atoms with E-state index in [2.05, 4.69) is 28.2 Å². The molecule has 0 heterocycles. The van der Waals surface area contributed by atoms with Crippen molar-refractivity contribution in [3.05, 3.63) is 67.6 Å². The summed E-state index contributed by atoms with van der Waals surface area (Å²) in [6, 6.07) is 12.7. The zero-order chi connectivity index (χ0) is 15.4. The molecule has 0 amide bonds. The molecule has 1 atom stereocenters. The van der Waals surface area contributed by atoms with Crippen molar-refractivity contribution in [1.82, 2.24) is 0 Å². The van der Waals surface area contributed by atoms with Gasteiger partial charge in [-0.25, -0.2) is 0 Å². The summed E-state index contributed by atoms with van der Waals surface area (Å²) in [5.41, 5.74) is 1.95. The molecule has 110 valence electrons. The molecule has 0 bridgehead atoms. The van der Waals surface area contributed by atoms with Crippen LogP contribution in [0.1, 0.15) is 24.9 Å². The molecular formula is C15H14BrClN2O2. The molecule has 0 fully saturated rings. The molecule has 0 spiro atoms. The van der Waals surface area contributed by atoms with Gasteiger partial charge in [-0.05, 0) is 52.2 Å². The summed E-state index contributed by atoms with van der Waals surface area (Å²) in [4.78, 5) is 10.4. The van der Waals surface area contributed by atoms with Crippen molar-refractivity contribution < 1.29 is 4.92 Å². The van der Waals surface area contributed by atoms with Crippen LogP contribution in [0.5, 0.6) is 0 Å². The van der Waals surface area contributed by atoms with Crippen molar-refractivity contribution in [1.29, 1.82) is 0 Å². The maximum atomic E-state index is 10.8. The Bertz CT molecular complexity index is 664. The molecule has 1 unspecified atom stereocenters. The largest absolute Gasteiger partial charge is 0.378 e. The van der Waals surface area contributed by atoms with E-state index in [0.29, 0.717) is 9.50 Å². The zero-order valence-corrected chi connectivity index (χ0v) is 13.7. The lowest BCUT2D eigenvalue weighted by molar-refractivity contribution is -0.385. The number of nitro groups is 1. The average Bonchev–Trinajstić information content (AvgIpc) is 2.44. The maximum Gasteiger partial charge on any atom is 0.283 e. The van der Waals surface area contributed by atoms with Gasteiger partial charge in [0.2, 0.25) is 0 Å². The van der Waals surface area contributed by atoms with Crippen molar-refractivity contribution in [2.24, 2.45) is 0 Å². The molecule has 0 aromatic heterocycles. The van der Waals surface area contributed by atoms with Crippen LogP contribution in [0.4, 0.5) is 11.4 Å². The Balaban J connectivity index is 2.23. The monoisotopic (exact) mass is 368 g/mol. The molecule has 2 aromatic carbocycles. The topological polar surface area (TPSA) is 55.2 Å². The van der Waals surface area contributed by atoms with Crippen LogP contribution in [0, 0.1) is 10.1 Å². The smallest absolute Gasteiger partial charge is 0.283 e. The molecule has 0 saturated heterocycles. The number of nitro benzene ring substituents is 1. The maximum absolute atomic E-state index is 10.8. The third-order valence-electron chi connectivity index (χ3n) is 3.14. The first-order valence-electron chi connectivity index (χ1n) is 6.47. The summed E-state index contributed by atoms with van der Waals surface area (Å²) in [7, 11) is 0. The first-order valence-corrected chi connectivity index (χ1v) is 7.64. The van der Waals surface area contributed by atoms with Crippen LogP contribution in [0.2, 0.25) is 5.02 Å². The van der Waals surface area contributed by atoms with E-state index in [9.17, 15) is 10.1 Å². The number of nitrogens with one attached hydrogen (secondary N) is 1. The highest BCUT2D eigenvalue weighted by molar-refractivity contribution is 9.10. The van der Waals surface area contributed by atoms with E-state index in [0.717, 1.165) is 17.7 Å². The molecule has 4 nitrogen and oxygen atoms in total. The molecular weight excluding hydrogens is 356 g/mol. The number of hydrogen-bond donors (Lipinski definition) is 1. The minimum atomic E-state index is -0.415. The molecule has 0 radical (unpaired) electrons. The Morgan fingerprint density at radius 3 is 2.67 bits per heavy atom. The molecule has 6 heteroatoms. The van der Waals surface area contributed by atoms with E-state index in [1.165, 1.54) is 6.07 Å². The van der Waals surface area contributed by atoms with E-state index in [-0.39, 0.29) is 11.7 Å². The molecule has 1 N–H and O–H groups in total. The Morgan fingerprint density at radius 2 is 2.10 bits per heavy atom. The normalized spacial score (nSPS) is 12.0. The van der Waals surface area contributed by atoms with E-state index in [4.69, 9.17) is 11.6 Å². The number of hydrogen-bond acceptors (Lipinski definition) is 3. The lowest BCUT2D eigenvalue weighted by Crippen LogP contribution is -2.09. The molecule has 2 aromatic rings. The third-order valence-corrected chi connectivity index (χ3v) is 4.01. The summed E-state index contributed by atoms with van der Waals surface area (Å²) in [6.45, 7) is 2.07. The molecule has 0 aliphatic carbocycles. The van der Waals surface area contributed by atoms with E-state index in [1.807, 2.05) is 24.3 Å². The van der Waals surface area contributed by atoms with Gasteiger partial charge in [-0.3, -0.25) is 10.1 Å². The van der Waals surface area contributed by atoms with Gasteiger partial charge in [0.05, 0.1) is 15.4 Å². The van der Waals surface area contributed by atoms with Crippen LogP contribution in [0.3, 0.4) is 0 Å². The zero-order valence-electron chi connectivity index (χ0n) is 11.3. The predicted molar refractivity (Wildman–Crippen MR) is 88.9 cm³/mol. The number of anilines is 1. The van der Waals surface area contributed by atoms with Gasteiger partial charge < -0.3 is 5.32 Å². The lowest BCUT2D eigenvalue weighted by atomic mass is 10.0. The third kappa shape index (κ3) is 3.95. The highest BCUT2D eigenvalue weighted by Gasteiger charge is 2.14. The summed E-state index contributed by atoms with van der Waals surface area (Å²) < 4.78 is 0.457. The fourth-order valence-electron chi connectivity index (χ4n) is 2.09. The second-order valence-electron chi connectivity index (χ2n) is 4.58. The van der Waals surface area contributed by atoms with Gasteiger partial charge in [-0.2, -0.15) is 0 Å². The van der Waals surface area contributed by atoms with Crippen molar-refractivity contribution in [2.75, 3.05) is 5.32 Å². The molecule has 0 aliphatic heterocycles. The van der Waals surface area contributed by atoms with Crippen molar-refractivity contribution in [2.45, 2.75) is 19.4 Å². The SMILES string of the molecule is CCC(Nc1ccc([N+](=O)[O-])c(Br)c1)c1cccc(Cl)c1. The van der Waals surface area contributed by atoms with Crippen LogP contribution >= 0.6 is 27.5 Å². The first kappa shape index (κ1) is 15.8. The molecule has 2 rings (SSSR count). The second kappa shape index (κ2) is 6.91. The minimum absolute atomic E-state index is 0.0522. The Kier molecular flexibility index (Phi) is 5.20. The van der Waals surface area contributed by atoms with E-state index in [1.54, 1.807) is 12.1 Å². The lowest BCUT2D eigenvalue weighted by Gasteiger charge is -2.19. The standard InChI is InChI=1S/C15H14BrClN2O2/c1-2-14(10-4-3-5-11(17)8-10)18-12-6-7-15(19(20)21)13(16)9-12/h3-9,14,18H,2H2,1H3. The van der Waals surface area contributed by atoms with Crippen LogP contribution in [0.15, 0.2) is 46.9 Å². The average molecular weight is 370 g/mol. The summed E-state index contributed by atoms with van der Waals surface area (Å²) in [5.74, 6) is 0. The quantitative estimate of drug-likeness (QED) is 0.553. The molecule has 0 saturated carbocycles. The van der Waals surface area contributed by atoms with E-state index < -0.39 is 4.92 Å². The van der Waals surface area contributed by atoms with Crippen molar-refractivity contribution in [3.63, 3.8) is 0 Å². The van der Waals surface area contributed by atoms with Gasteiger partial charge >= 0.3 is 0 Å². The summed E-state index contributed by atoms with van der Waals surface area (Å²) in [6.07, 6.45) is 0.870. The Labute approximate surface area is 136 Å². The highest BCUT2D eigenvalue weighted by Crippen LogP contribution is 2.30. The van der Waals surface area contributed by atoms with Gasteiger partial charge in [0.1, 0.15) is 0 Å².